The van der Waals surface area contributed by atoms with Crippen LogP contribution in [0, 0.1) is 0 Å². The van der Waals surface area contributed by atoms with Gasteiger partial charge in [0.25, 0.3) is 0 Å². The van der Waals surface area contributed by atoms with Crippen molar-refractivity contribution < 1.29 is 9.47 Å². The van der Waals surface area contributed by atoms with Crippen LogP contribution in [0.4, 0.5) is 0 Å². The first-order valence-corrected chi connectivity index (χ1v) is 6.16. The molecule has 0 aliphatic carbocycles. The van der Waals surface area contributed by atoms with Gasteiger partial charge in [-0.3, -0.25) is 4.90 Å². The molecule has 0 fully saturated rings. The molecule has 1 unspecified atom stereocenters. The molecule has 0 amide bonds. The summed E-state index contributed by atoms with van der Waals surface area (Å²) in [7, 11) is 1.73. The molecule has 98 valence electrons. The molecule has 0 aliphatic heterocycles. The fourth-order valence-corrected chi connectivity index (χ4v) is 1.84. The van der Waals surface area contributed by atoms with E-state index < -0.39 is 0 Å². The van der Waals surface area contributed by atoms with Gasteiger partial charge in [0, 0.05) is 39.0 Å². The third-order valence-corrected chi connectivity index (χ3v) is 3.14. The summed E-state index contributed by atoms with van der Waals surface area (Å²) in [6.45, 7) is 11.2. The minimum atomic E-state index is 0.0157. The Labute approximate surface area is 100 Å². The van der Waals surface area contributed by atoms with Gasteiger partial charge >= 0.3 is 0 Å². The van der Waals surface area contributed by atoms with Gasteiger partial charge in [-0.2, -0.15) is 0 Å². The molecular weight excluding hydrogens is 204 g/mol. The lowest BCUT2D eigenvalue weighted by Gasteiger charge is -2.40. The Balaban J connectivity index is 4.23. The Morgan fingerprint density at radius 1 is 1.25 bits per heavy atom. The Morgan fingerprint density at radius 3 is 2.38 bits per heavy atom. The van der Waals surface area contributed by atoms with Gasteiger partial charge in [0.05, 0.1) is 6.61 Å². The van der Waals surface area contributed by atoms with E-state index in [4.69, 9.17) is 15.2 Å². The number of ether oxygens (including phenoxy) is 2. The molecule has 0 aromatic carbocycles. The number of methoxy groups -OCH3 is 1. The quantitative estimate of drug-likeness (QED) is 0.573. The third-order valence-electron chi connectivity index (χ3n) is 3.14. The molecule has 2 N–H and O–H groups in total. The Hall–Kier alpha value is -0.160. The number of nitrogens with zero attached hydrogens (tertiary/aromatic N) is 1. The zero-order valence-electron chi connectivity index (χ0n) is 11.3. The average Bonchev–Trinajstić information content (AvgIpc) is 2.31. The van der Waals surface area contributed by atoms with Crippen LogP contribution in [0.25, 0.3) is 0 Å². The van der Waals surface area contributed by atoms with E-state index >= 15 is 0 Å². The molecule has 0 aromatic heterocycles. The Bertz CT molecular complexity index is 167. The zero-order chi connectivity index (χ0) is 12.4. The second kappa shape index (κ2) is 8.93. The molecule has 0 aliphatic rings. The van der Waals surface area contributed by atoms with Crippen LogP contribution in [0.1, 0.15) is 27.2 Å². The van der Waals surface area contributed by atoms with Gasteiger partial charge in [-0.25, -0.2) is 0 Å². The number of hydrogen-bond acceptors (Lipinski definition) is 4. The highest BCUT2D eigenvalue weighted by Crippen LogP contribution is 2.17. The molecule has 4 nitrogen and oxygen atoms in total. The minimum Gasteiger partial charge on any atom is -0.385 e. The predicted octanol–water partition coefficient (Wildman–Crippen LogP) is 1.10. The van der Waals surface area contributed by atoms with Crippen LogP contribution in [0.2, 0.25) is 0 Å². The maximum Gasteiger partial charge on any atom is 0.0593 e. The number of likely N-dealkylation sites (N-methyl/N-ethyl adjacent to an activating group) is 1. The van der Waals surface area contributed by atoms with Gasteiger partial charge in [-0.05, 0) is 26.8 Å². The van der Waals surface area contributed by atoms with Crippen LogP contribution in [0.5, 0.6) is 0 Å². The molecule has 0 saturated carbocycles. The highest BCUT2D eigenvalue weighted by Gasteiger charge is 2.28. The topological polar surface area (TPSA) is 47.7 Å². The largest absolute Gasteiger partial charge is 0.385 e. The maximum atomic E-state index is 5.89. The summed E-state index contributed by atoms with van der Waals surface area (Å²) in [5.74, 6) is 0. The van der Waals surface area contributed by atoms with Crippen LogP contribution >= 0.6 is 0 Å². The van der Waals surface area contributed by atoms with Gasteiger partial charge in [-0.15, -0.1) is 0 Å². The summed E-state index contributed by atoms with van der Waals surface area (Å²) in [5, 5.41) is 0. The summed E-state index contributed by atoms with van der Waals surface area (Å²) in [4.78, 5) is 2.38. The molecule has 0 spiro atoms. The highest BCUT2D eigenvalue weighted by molar-refractivity contribution is 4.86. The second-order valence-electron chi connectivity index (χ2n) is 4.22. The average molecular weight is 232 g/mol. The molecule has 0 aromatic rings. The van der Waals surface area contributed by atoms with Crippen LogP contribution in [-0.2, 0) is 9.47 Å². The van der Waals surface area contributed by atoms with Crippen molar-refractivity contribution in [3.8, 4) is 0 Å². The molecule has 0 radical (unpaired) electrons. The van der Waals surface area contributed by atoms with Crippen LogP contribution in [0.3, 0.4) is 0 Å². The zero-order valence-corrected chi connectivity index (χ0v) is 11.3. The second-order valence-corrected chi connectivity index (χ2v) is 4.22. The summed E-state index contributed by atoms with van der Waals surface area (Å²) in [6.07, 6.45) is 0.958. The Kier molecular flexibility index (Phi) is 8.84. The van der Waals surface area contributed by atoms with Crippen LogP contribution < -0.4 is 5.73 Å². The van der Waals surface area contributed by atoms with Gasteiger partial charge in [0.15, 0.2) is 0 Å². The first kappa shape index (κ1) is 15.8. The van der Waals surface area contributed by atoms with Gasteiger partial charge in [0.2, 0.25) is 0 Å². The normalized spacial score (nSPS) is 15.4. The van der Waals surface area contributed by atoms with Crippen molar-refractivity contribution in [2.75, 3.05) is 46.6 Å². The van der Waals surface area contributed by atoms with Crippen molar-refractivity contribution in [2.24, 2.45) is 5.73 Å². The fraction of sp³-hybridized carbons (Fsp3) is 1.00. The number of nitrogens with two attached hydrogens (primary N) is 1. The standard InChI is InChI=1S/C12H28N2O2/c1-5-14(8-10-16-6-2)12(3,11-13)7-9-15-4/h5-11,13H2,1-4H3. The number of hydrogen-bond donors (Lipinski definition) is 1. The monoisotopic (exact) mass is 232 g/mol. The van der Waals surface area contributed by atoms with E-state index in [-0.39, 0.29) is 5.54 Å². The van der Waals surface area contributed by atoms with Gasteiger partial charge < -0.3 is 15.2 Å². The van der Waals surface area contributed by atoms with E-state index in [9.17, 15) is 0 Å². The molecule has 0 saturated heterocycles. The molecular formula is C12H28N2O2. The van der Waals surface area contributed by atoms with Crippen molar-refractivity contribution >= 4 is 0 Å². The smallest absolute Gasteiger partial charge is 0.0593 e. The minimum absolute atomic E-state index is 0.0157. The predicted molar refractivity (Wildman–Crippen MR) is 67.7 cm³/mol. The van der Waals surface area contributed by atoms with E-state index in [0.717, 1.165) is 39.3 Å². The van der Waals surface area contributed by atoms with Gasteiger partial charge in [-0.1, -0.05) is 6.92 Å². The summed E-state index contributed by atoms with van der Waals surface area (Å²) in [6, 6.07) is 0. The van der Waals surface area contributed by atoms with Crippen LogP contribution in [0.15, 0.2) is 0 Å². The van der Waals surface area contributed by atoms with E-state index in [0.29, 0.717) is 6.54 Å². The lowest BCUT2D eigenvalue weighted by Crippen LogP contribution is -2.53. The van der Waals surface area contributed by atoms with Crippen molar-refractivity contribution in [1.82, 2.24) is 4.90 Å². The van der Waals surface area contributed by atoms with Crippen molar-refractivity contribution in [1.29, 1.82) is 0 Å². The van der Waals surface area contributed by atoms with E-state index in [2.05, 4.69) is 18.7 Å². The summed E-state index contributed by atoms with van der Waals surface area (Å²) in [5.41, 5.74) is 5.91. The first-order valence-electron chi connectivity index (χ1n) is 6.16. The molecule has 0 bridgehead atoms. The van der Waals surface area contributed by atoms with E-state index in [1.54, 1.807) is 7.11 Å². The Morgan fingerprint density at radius 2 is 1.94 bits per heavy atom. The third kappa shape index (κ3) is 5.25. The number of rotatable bonds is 10. The lowest BCUT2D eigenvalue weighted by atomic mass is 9.96. The summed E-state index contributed by atoms with van der Waals surface area (Å²) >= 11 is 0. The molecule has 1 atom stereocenters. The van der Waals surface area contributed by atoms with Crippen molar-refractivity contribution in [3.05, 3.63) is 0 Å². The van der Waals surface area contributed by atoms with Gasteiger partial charge in [0.1, 0.15) is 0 Å². The highest BCUT2D eigenvalue weighted by atomic mass is 16.5. The van der Waals surface area contributed by atoms with E-state index in [1.165, 1.54) is 0 Å². The molecule has 4 heteroatoms. The van der Waals surface area contributed by atoms with E-state index in [1.807, 2.05) is 6.92 Å². The lowest BCUT2D eigenvalue weighted by molar-refractivity contribution is 0.0406. The molecule has 0 rings (SSSR count). The maximum absolute atomic E-state index is 5.89. The molecule has 0 heterocycles. The van der Waals surface area contributed by atoms with Crippen molar-refractivity contribution in [2.45, 2.75) is 32.7 Å². The van der Waals surface area contributed by atoms with Crippen LogP contribution in [-0.4, -0.2) is 57.0 Å². The fourth-order valence-electron chi connectivity index (χ4n) is 1.84. The molecule has 16 heavy (non-hydrogen) atoms. The SMILES string of the molecule is CCOCCN(CC)C(C)(CN)CCOC. The summed E-state index contributed by atoms with van der Waals surface area (Å²) < 4.78 is 10.5. The first-order chi connectivity index (χ1) is 7.64. The van der Waals surface area contributed by atoms with Crippen molar-refractivity contribution in [3.63, 3.8) is 0 Å².